The highest BCUT2D eigenvalue weighted by atomic mass is 35.5. The van der Waals surface area contributed by atoms with Crippen LogP contribution in [0.5, 0.6) is 0 Å². The van der Waals surface area contributed by atoms with Gasteiger partial charge in [-0.1, -0.05) is 0 Å². The fourth-order valence-corrected chi connectivity index (χ4v) is 2.64. The highest BCUT2D eigenvalue weighted by Gasteiger charge is 2.40. The van der Waals surface area contributed by atoms with Crippen molar-refractivity contribution in [2.45, 2.75) is 18.3 Å². The van der Waals surface area contributed by atoms with E-state index in [0.717, 1.165) is 19.6 Å². The minimum absolute atomic E-state index is 0. The van der Waals surface area contributed by atoms with Crippen LogP contribution in [0.15, 0.2) is 18.3 Å². The van der Waals surface area contributed by atoms with Crippen molar-refractivity contribution in [2.24, 2.45) is 0 Å². The second-order valence-corrected chi connectivity index (χ2v) is 4.28. The van der Waals surface area contributed by atoms with Crippen molar-refractivity contribution < 1.29 is 0 Å². The molecule has 1 spiro atoms. The van der Waals surface area contributed by atoms with E-state index in [-0.39, 0.29) is 37.2 Å². The molecule has 0 aliphatic carbocycles. The number of piperidine rings is 1. The summed E-state index contributed by atoms with van der Waals surface area (Å²) in [6, 6.07) is 4.14. The quantitative estimate of drug-likeness (QED) is 0.772. The average molecular weight is 299 g/mol. The van der Waals surface area contributed by atoms with E-state index in [2.05, 4.69) is 21.7 Å². The van der Waals surface area contributed by atoms with Gasteiger partial charge in [-0.15, -0.1) is 37.2 Å². The number of pyridine rings is 1. The summed E-state index contributed by atoms with van der Waals surface area (Å²) in [5.41, 5.74) is 2.86. The number of aromatic nitrogens is 1. The average Bonchev–Trinajstić information content (AvgIpc) is 2.60. The molecule has 0 atom stereocenters. The van der Waals surface area contributed by atoms with Gasteiger partial charge in [-0.2, -0.15) is 0 Å². The number of anilines is 1. The van der Waals surface area contributed by atoms with Crippen molar-refractivity contribution in [3.05, 3.63) is 24.0 Å². The fourth-order valence-electron chi connectivity index (χ4n) is 2.64. The molecule has 1 fully saturated rings. The zero-order valence-electron chi connectivity index (χ0n) is 9.44. The summed E-state index contributed by atoms with van der Waals surface area (Å²) in [7, 11) is 0. The Bertz CT molecular complexity index is 348. The van der Waals surface area contributed by atoms with Crippen LogP contribution >= 0.6 is 37.2 Å². The molecule has 98 valence electrons. The van der Waals surface area contributed by atoms with E-state index in [4.69, 9.17) is 0 Å². The van der Waals surface area contributed by atoms with E-state index in [1.165, 1.54) is 24.2 Å². The number of fused-ring (bicyclic) bond motifs is 2. The van der Waals surface area contributed by atoms with E-state index >= 15 is 0 Å². The lowest BCUT2D eigenvalue weighted by molar-refractivity contribution is 0.328. The Morgan fingerprint density at radius 1 is 1.12 bits per heavy atom. The monoisotopic (exact) mass is 297 g/mol. The van der Waals surface area contributed by atoms with Crippen molar-refractivity contribution in [3.63, 3.8) is 0 Å². The highest BCUT2D eigenvalue weighted by molar-refractivity contribution is 5.86. The molecule has 0 amide bonds. The van der Waals surface area contributed by atoms with Gasteiger partial charge in [-0.25, -0.2) is 0 Å². The van der Waals surface area contributed by atoms with Crippen LogP contribution < -0.4 is 10.6 Å². The molecule has 2 aliphatic rings. The van der Waals surface area contributed by atoms with Crippen LogP contribution in [0.25, 0.3) is 0 Å². The maximum Gasteiger partial charge on any atom is 0.0714 e. The summed E-state index contributed by atoms with van der Waals surface area (Å²) < 4.78 is 0. The molecular weight excluding hydrogens is 281 g/mol. The van der Waals surface area contributed by atoms with Crippen LogP contribution in [0, 0.1) is 0 Å². The summed E-state index contributed by atoms with van der Waals surface area (Å²) in [5.74, 6) is 0. The van der Waals surface area contributed by atoms with Crippen molar-refractivity contribution in [1.29, 1.82) is 0 Å². The van der Waals surface area contributed by atoms with Crippen LogP contribution in [0.3, 0.4) is 0 Å². The number of nitrogens with one attached hydrogen (secondary N) is 2. The van der Waals surface area contributed by atoms with Crippen LogP contribution in [-0.2, 0) is 5.41 Å². The molecule has 0 saturated carbocycles. The van der Waals surface area contributed by atoms with Crippen molar-refractivity contribution in [1.82, 2.24) is 10.3 Å². The molecule has 3 heterocycles. The van der Waals surface area contributed by atoms with Gasteiger partial charge in [0, 0.05) is 18.2 Å². The van der Waals surface area contributed by atoms with E-state index in [1.54, 1.807) is 0 Å². The third kappa shape index (κ3) is 2.79. The smallest absolute Gasteiger partial charge is 0.0714 e. The van der Waals surface area contributed by atoms with Gasteiger partial charge in [-0.3, -0.25) is 4.98 Å². The normalized spacial score (nSPS) is 19.1. The van der Waals surface area contributed by atoms with Gasteiger partial charge in [-0.05, 0) is 38.1 Å². The minimum atomic E-state index is 0. The third-order valence-electron chi connectivity index (χ3n) is 3.49. The molecule has 0 radical (unpaired) electrons. The molecule has 2 N–H and O–H groups in total. The number of halogens is 3. The molecule has 17 heavy (non-hydrogen) atoms. The molecule has 3 rings (SSSR count). The molecule has 0 unspecified atom stereocenters. The number of rotatable bonds is 0. The zero-order valence-corrected chi connectivity index (χ0v) is 11.9. The molecule has 1 aromatic rings. The van der Waals surface area contributed by atoms with E-state index in [0.29, 0.717) is 5.41 Å². The highest BCUT2D eigenvalue weighted by Crippen LogP contribution is 2.40. The Morgan fingerprint density at radius 3 is 2.53 bits per heavy atom. The van der Waals surface area contributed by atoms with E-state index < -0.39 is 0 Å². The van der Waals surface area contributed by atoms with Crippen LogP contribution in [0.2, 0.25) is 0 Å². The molecule has 3 nitrogen and oxygen atoms in total. The Balaban J connectivity index is 0.000000853. The predicted octanol–water partition coefficient (Wildman–Crippen LogP) is 2.39. The van der Waals surface area contributed by atoms with Gasteiger partial charge in [0.1, 0.15) is 0 Å². The van der Waals surface area contributed by atoms with Crippen molar-refractivity contribution >= 4 is 42.9 Å². The van der Waals surface area contributed by atoms with Crippen LogP contribution in [0.1, 0.15) is 18.5 Å². The summed E-state index contributed by atoms with van der Waals surface area (Å²) in [4.78, 5) is 4.55. The lowest BCUT2D eigenvalue weighted by Crippen LogP contribution is -2.41. The lowest BCUT2D eigenvalue weighted by Gasteiger charge is -2.32. The van der Waals surface area contributed by atoms with Crippen LogP contribution in [-0.4, -0.2) is 24.6 Å². The SMILES string of the molecule is Cl.Cl.Cl.c1cnc2c(c1)NCC21CCNCC1. The minimum Gasteiger partial charge on any atom is -0.383 e. The summed E-state index contributed by atoms with van der Waals surface area (Å²) >= 11 is 0. The molecular formula is C11H18Cl3N3. The van der Waals surface area contributed by atoms with Gasteiger partial charge in [0.2, 0.25) is 0 Å². The summed E-state index contributed by atoms with van der Waals surface area (Å²) in [6.45, 7) is 3.32. The maximum atomic E-state index is 4.55. The second-order valence-electron chi connectivity index (χ2n) is 4.28. The largest absolute Gasteiger partial charge is 0.383 e. The first-order chi connectivity index (χ1) is 6.91. The standard InChI is InChI=1S/C11H15N3.3ClH/c1-2-9-10(13-5-1)11(8-14-9)3-6-12-7-4-11;;;/h1-2,5,12,14H,3-4,6-8H2;3*1H. The van der Waals surface area contributed by atoms with Gasteiger partial charge >= 0.3 is 0 Å². The van der Waals surface area contributed by atoms with Gasteiger partial charge in [0.15, 0.2) is 0 Å². The third-order valence-corrected chi connectivity index (χ3v) is 3.49. The van der Waals surface area contributed by atoms with Crippen molar-refractivity contribution in [3.8, 4) is 0 Å². The molecule has 1 saturated heterocycles. The van der Waals surface area contributed by atoms with Crippen molar-refractivity contribution in [2.75, 3.05) is 25.0 Å². The molecule has 2 aliphatic heterocycles. The summed E-state index contributed by atoms with van der Waals surface area (Å²) in [6.07, 6.45) is 4.34. The van der Waals surface area contributed by atoms with E-state index in [1.807, 2.05) is 12.3 Å². The number of nitrogens with zero attached hydrogens (tertiary/aromatic N) is 1. The second kappa shape index (κ2) is 6.64. The van der Waals surface area contributed by atoms with Gasteiger partial charge < -0.3 is 10.6 Å². The van der Waals surface area contributed by atoms with Gasteiger partial charge in [0.25, 0.3) is 0 Å². The van der Waals surface area contributed by atoms with Gasteiger partial charge in [0.05, 0.1) is 11.4 Å². The predicted molar refractivity (Wildman–Crippen MR) is 78.3 cm³/mol. The first-order valence-corrected chi connectivity index (χ1v) is 5.31. The molecule has 0 bridgehead atoms. The Labute approximate surface area is 120 Å². The lowest BCUT2D eigenvalue weighted by atomic mass is 9.77. The summed E-state index contributed by atoms with van der Waals surface area (Å²) in [5, 5.41) is 6.88. The Morgan fingerprint density at radius 2 is 1.82 bits per heavy atom. The zero-order chi connectivity index (χ0) is 9.43. The fraction of sp³-hybridized carbons (Fsp3) is 0.545. The van der Waals surface area contributed by atoms with E-state index in [9.17, 15) is 0 Å². The number of hydrogen-bond donors (Lipinski definition) is 2. The maximum absolute atomic E-state index is 4.55. The number of hydrogen-bond acceptors (Lipinski definition) is 3. The van der Waals surface area contributed by atoms with Crippen LogP contribution in [0.4, 0.5) is 5.69 Å². The molecule has 1 aromatic heterocycles. The topological polar surface area (TPSA) is 37.0 Å². The first kappa shape index (κ1) is 16.8. The Hall–Kier alpha value is -0.220. The molecule has 0 aromatic carbocycles. The molecule has 6 heteroatoms. The first-order valence-electron chi connectivity index (χ1n) is 5.31. The Kier molecular flexibility index (Phi) is 6.56.